The molecule has 1 unspecified atom stereocenters. The number of hydrogen-bond acceptors (Lipinski definition) is 6. The molecule has 1 saturated heterocycles. The number of rotatable bonds is 5. The van der Waals surface area contributed by atoms with Gasteiger partial charge in [-0.25, -0.2) is 4.98 Å². The van der Waals surface area contributed by atoms with Gasteiger partial charge in [-0.2, -0.15) is 18.3 Å². The Balaban J connectivity index is 1.58. The molecule has 0 saturated carbocycles. The largest absolute Gasteiger partial charge is 0.492 e. The highest BCUT2D eigenvalue weighted by molar-refractivity contribution is 6.12. The number of anilines is 1. The van der Waals surface area contributed by atoms with Gasteiger partial charge in [-0.3, -0.25) is 14.4 Å². The third-order valence-electron chi connectivity index (χ3n) is 6.45. The number of fused-ring (bicyclic) bond motifs is 2. The Morgan fingerprint density at radius 3 is 2.80 bits per heavy atom. The number of likely N-dealkylation sites (N-methyl/N-ethyl adjacent to an activating group) is 1. The number of alkyl halides is 3. The van der Waals surface area contributed by atoms with Gasteiger partial charge in [-0.1, -0.05) is 0 Å². The van der Waals surface area contributed by atoms with Gasteiger partial charge >= 0.3 is 6.18 Å². The van der Waals surface area contributed by atoms with Gasteiger partial charge in [0.2, 0.25) is 0 Å². The molecule has 1 fully saturated rings. The van der Waals surface area contributed by atoms with Crippen LogP contribution in [-0.4, -0.2) is 65.2 Å². The first-order valence-electron chi connectivity index (χ1n) is 11.4. The lowest BCUT2D eigenvalue weighted by molar-refractivity contribution is -0.142. The lowest BCUT2D eigenvalue weighted by atomic mass is 9.91. The minimum atomic E-state index is -4.42. The lowest BCUT2D eigenvalue weighted by Gasteiger charge is -2.32. The summed E-state index contributed by atoms with van der Waals surface area (Å²) in [5, 5.41) is 3.85. The van der Waals surface area contributed by atoms with Crippen molar-refractivity contribution in [2.75, 3.05) is 38.3 Å². The van der Waals surface area contributed by atoms with E-state index in [0.29, 0.717) is 43.1 Å². The first-order chi connectivity index (χ1) is 16.6. The summed E-state index contributed by atoms with van der Waals surface area (Å²) in [4.78, 5) is 22.2. The summed E-state index contributed by atoms with van der Waals surface area (Å²) in [7, 11) is 1.95. The molecule has 11 heteroatoms. The third kappa shape index (κ3) is 4.07. The van der Waals surface area contributed by atoms with E-state index in [9.17, 15) is 18.0 Å². The van der Waals surface area contributed by atoms with Crippen molar-refractivity contribution in [1.82, 2.24) is 19.7 Å². The third-order valence-corrected chi connectivity index (χ3v) is 6.45. The van der Waals surface area contributed by atoms with E-state index in [0.717, 1.165) is 27.3 Å². The van der Waals surface area contributed by atoms with Crippen LogP contribution in [-0.2, 0) is 21.6 Å². The summed E-state index contributed by atoms with van der Waals surface area (Å²) in [6.07, 6.45) is 2.48. The van der Waals surface area contributed by atoms with Crippen molar-refractivity contribution >= 4 is 17.2 Å². The van der Waals surface area contributed by atoms with E-state index in [1.165, 1.54) is 17.3 Å². The number of pyridine rings is 1. The Bertz CT molecular complexity index is 1230. The summed E-state index contributed by atoms with van der Waals surface area (Å²) < 4.78 is 50.9. The van der Waals surface area contributed by atoms with Crippen LogP contribution < -0.4 is 4.90 Å². The van der Waals surface area contributed by atoms with Crippen LogP contribution in [0.1, 0.15) is 40.7 Å². The van der Waals surface area contributed by atoms with Crippen molar-refractivity contribution in [1.29, 1.82) is 0 Å². The second-order valence-electron chi connectivity index (χ2n) is 9.08. The van der Waals surface area contributed by atoms with E-state index in [4.69, 9.17) is 14.5 Å². The zero-order chi connectivity index (χ0) is 25.0. The number of hydrogen-bond donors (Lipinski definition) is 0. The van der Waals surface area contributed by atoms with Crippen LogP contribution in [0.3, 0.4) is 0 Å². The molecule has 8 nitrogen and oxygen atoms in total. The number of ether oxygens (including phenoxy) is 2. The van der Waals surface area contributed by atoms with Gasteiger partial charge in [0.1, 0.15) is 17.8 Å². The highest BCUT2D eigenvalue weighted by Gasteiger charge is 2.55. The first kappa shape index (κ1) is 23.4. The minimum Gasteiger partial charge on any atom is -0.492 e. The molecule has 2 aromatic rings. The quantitative estimate of drug-likeness (QED) is 0.639. The number of nitrogens with zero attached hydrogens (tertiary/aromatic N) is 5. The Kier molecular flexibility index (Phi) is 5.62. The average Bonchev–Trinajstić information content (AvgIpc) is 3.47. The maximum Gasteiger partial charge on any atom is 0.408 e. The van der Waals surface area contributed by atoms with Gasteiger partial charge in [0.05, 0.1) is 42.0 Å². The zero-order valence-electron chi connectivity index (χ0n) is 19.7. The van der Waals surface area contributed by atoms with Crippen LogP contribution in [0, 0.1) is 6.92 Å². The monoisotopic (exact) mass is 489 g/mol. The van der Waals surface area contributed by atoms with E-state index in [2.05, 4.69) is 5.10 Å². The predicted octanol–water partition coefficient (Wildman–Crippen LogP) is 3.63. The molecule has 0 bridgehead atoms. The maximum absolute atomic E-state index is 13.7. The molecule has 1 spiro atoms. The van der Waals surface area contributed by atoms with Crippen LogP contribution in [0.5, 0.6) is 0 Å². The topological polar surface area (TPSA) is 72.7 Å². The first-order valence-corrected chi connectivity index (χ1v) is 11.4. The molecular formula is C24H26F3N5O3. The van der Waals surface area contributed by atoms with Gasteiger partial charge in [0.15, 0.2) is 0 Å². The standard InChI is InChI=1S/C24H26F3N5O3/c1-4-35-18-8-16(10-30(3)12-18)19-7-15(2)20-21(29-19)23(5-6-34-14-23)32(22(20)33)17-9-28-31(11-17)13-24(25,26)27/h7-9,11-12H,4-6,10,13-14H2,1-3H3. The van der Waals surface area contributed by atoms with Crippen LogP contribution in [0.2, 0.25) is 0 Å². The van der Waals surface area contributed by atoms with Crippen LogP contribution in [0.4, 0.5) is 18.9 Å². The van der Waals surface area contributed by atoms with E-state index in [1.54, 1.807) is 0 Å². The number of halogens is 3. The minimum absolute atomic E-state index is 0.204. The van der Waals surface area contributed by atoms with Crippen LogP contribution in [0.15, 0.2) is 36.5 Å². The van der Waals surface area contributed by atoms with Gasteiger partial charge in [0, 0.05) is 44.6 Å². The Morgan fingerprint density at radius 2 is 2.11 bits per heavy atom. The fourth-order valence-electron chi connectivity index (χ4n) is 5.06. The van der Waals surface area contributed by atoms with E-state index < -0.39 is 18.3 Å². The number of carbonyl (C=O) groups excluding carboxylic acids is 1. The van der Waals surface area contributed by atoms with Crippen LogP contribution in [0.25, 0.3) is 5.57 Å². The van der Waals surface area contributed by atoms with Gasteiger partial charge in [-0.05, 0) is 31.6 Å². The highest BCUT2D eigenvalue weighted by atomic mass is 19.4. The van der Waals surface area contributed by atoms with E-state index >= 15 is 0 Å². The van der Waals surface area contributed by atoms with Crippen molar-refractivity contribution < 1.29 is 27.4 Å². The van der Waals surface area contributed by atoms with Crippen LogP contribution >= 0.6 is 0 Å². The number of aryl methyl sites for hydroxylation is 1. The normalized spacial score (nSPS) is 22.1. The molecule has 5 rings (SSSR count). The summed E-state index contributed by atoms with van der Waals surface area (Å²) in [5.74, 6) is 0.420. The Hall–Kier alpha value is -3.34. The van der Waals surface area contributed by atoms with E-state index in [-0.39, 0.29) is 12.5 Å². The van der Waals surface area contributed by atoms with Crippen molar-refractivity contribution in [3.63, 3.8) is 0 Å². The molecule has 2 aromatic heterocycles. The smallest absolute Gasteiger partial charge is 0.408 e. The molecule has 3 aliphatic rings. The Morgan fingerprint density at radius 1 is 1.31 bits per heavy atom. The number of allylic oxidation sites excluding steroid dienone is 1. The molecule has 1 amide bonds. The second-order valence-corrected chi connectivity index (χ2v) is 9.08. The van der Waals surface area contributed by atoms with Gasteiger partial charge < -0.3 is 14.4 Å². The molecule has 3 aliphatic heterocycles. The number of amides is 1. The molecule has 0 aromatic carbocycles. The van der Waals surface area contributed by atoms with Crippen molar-refractivity contribution in [3.8, 4) is 0 Å². The van der Waals surface area contributed by atoms with Gasteiger partial charge in [-0.15, -0.1) is 0 Å². The van der Waals surface area contributed by atoms with E-state index in [1.807, 2.05) is 44.1 Å². The van der Waals surface area contributed by atoms with Gasteiger partial charge in [0.25, 0.3) is 5.91 Å². The lowest BCUT2D eigenvalue weighted by Crippen LogP contribution is -2.45. The summed E-state index contributed by atoms with van der Waals surface area (Å²) in [5.41, 5.74) is 2.88. The Labute approximate surface area is 200 Å². The fourth-order valence-corrected chi connectivity index (χ4v) is 5.06. The molecule has 1 atom stereocenters. The summed E-state index contributed by atoms with van der Waals surface area (Å²) >= 11 is 0. The van der Waals surface area contributed by atoms with Crippen molar-refractivity contribution in [2.45, 2.75) is 38.5 Å². The predicted molar refractivity (Wildman–Crippen MR) is 121 cm³/mol. The van der Waals surface area contributed by atoms with Crippen molar-refractivity contribution in [3.05, 3.63) is 59.0 Å². The average molecular weight is 489 g/mol. The SMILES string of the molecule is CCOC1=CN(C)CC(c2cc(C)c3c(n2)C2(CCOC2)N(c2cnn(CC(F)(F)F)c2)C3=O)=C1. The maximum atomic E-state index is 13.7. The fraction of sp³-hybridized carbons (Fsp3) is 0.458. The molecule has 35 heavy (non-hydrogen) atoms. The molecule has 0 aliphatic carbocycles. The number of aromatic nitrogens is 3. The molecule has 186 valence electrons. The van der Waals surface area contributed by atoms with Crippen molar-refractivity contribution in [2.24, 2.45) is 0 Å². The molecular weight excluding hydrogens is 463 g/mol. The summed E-state index contributed by atoms with van der Waals surface area (Å²) in [6, 6.07) is 1.88. The molecule has 5 heterocycles. The summed E-state index contributed by atoms with van der Waals surface area (Å²) in [6.45, 7) is 4.31. The molecule has 0 radical (unpaired) electrons. The zero-order valence-corrected chi connectivity index (χ0v) is 19.7. The number of carbonyl (C=O) groups is 1. The highest BCUT2D eigenvalue weighted by Crippen LogP contribution is 2.47. The molecule has 0 N–H and O–H groups in total. The second kappa shape index (κ2) is 8.40.